The highest BCUT2D eigenvalue weighted by atomic mass is 32.1. The Kier molecular flexibility index (Phi) is 5.95. The van der Waals surface area contributed by atoms with Crippen molar-refractivity contribution in [1.82, 2.24) is 19.8 Å². The predicted octanol–water partition coefficient (Wildman–Crippen LogP) is 3.32. The number of rotatable bonds is 4. The molecule has 5 rings (SSSR count). The summed E-state index contributed by atoms with van der Waals surface area (Å²) in [6.45, 7) is 7.53. The smallest absolute Gasteiger partial charge is 0.282 e. The molecule has 2 saturated heterocycles. The second kappa shape index (κ2) is 9.03. The SMILES string of the molecule is Cc1ncccc1-c1cccc(N2CC(N3CCN(C(=O)c4nccs4)CC3)C(C)C2=O)c1. The van der Waals surface area contributed by atoms with E-state index in [2.05, 4.69) is 33.1 Å². The van der Waals surface area contributed by atoms with Crippen LogP contribution in [0, 0.1) is 12.8 Å². The van der Waals surface area contributed by atoms with Gasteiger partial charge >= 0.3 is 0 Å². The topological polar surface area (TPSA) is 69.6 Å². The maximum absolute atomic E-state index is 13.2. The van der Waals surface area contributed by atoms with Crippen LogP contribution in [0.15, 0.2) is 54.2 Å². The van der Waals surface area contributed by atoms with Gasteiger partial charge in [0.25, 0.3) is 5.91 Å². The molecule has 2 atom stereocenters. The number of carbonyl (C=O) groups excluding carboxylic acids is 2. The molecule has 8 heteroatoms. The lowest BCUT2D eigenvalue weighted by Crippen LogP contribution is -2.53. The van der Waals surface area contributed by atoms with E-state index in [0.717, 1.165) is 35.6 Å². The summed E-state index contributed by atoms with van der Waals surface area (Å²) in [4.78, 5) is 40.5. The number of carbonyl (C=O) groups is 2. The van der Waals surface area contributed by atoms with E-state index in [9.17, 15) is 9.59 Å². The average molecular weight is 462 g/mol. The van der Waals surface area contributed by atoms with Crippen molar-refractivity contribution >= 4 is 28.8 Å². The van der Waals surface area contributed by atoms with Crippen molar-refractivity contribution in [1.29, 1.82) is 0 Å². The molecule has 3 aromatic rings. The number of aromatic nitrogens is 2. The molecule has 0 N–H and O–H groups in total. The van der Waals surface area contributed by atoms with Crippen molar-refractivity contribution in [2.24, 2.45) is 5.92 Å². The van der Waals surface area contributed by atoms with E-state index < -0.39 is 0 Å². The molecular weight excluding hydrogens is 434 g/mol. The summed E-state index contributed by atoms with van der Waals surface area (Å²) in [6.07, 6.45) is 3.46. The molecule has 2 aliphatic rings. The number of aryl methyl sites for hydroxylation is 1. The fourth-order valence-electron chi connectivity index (χ4n) is 4.86. The Labute approximate surface area is 197 Å². The lowest BCUT2D eigenvalue weighted by molar-refractivity contribution is -0.120. The second-order valence-electron chi connectivity index (χ2n) is 8.66. The van der Waals surface area contributed by atoms with E-state index >= 15 is 0 Å². The van der Waals surface area contributed by atoms with Crippen LogP contribution in [-0.4, -0.2) is 70.3 Å². The highest BCUT2D eigenvalue weighted by Gasteiger charge is 2.42. The van der Waals surface area contributed by atoms with Crippen LogP contribution in [-0.2, 0) is 4.79 Å². The van der Waals surface area contributed by atoms with Crippen LogP contribution in [0.5, 0.6) is 0 Å². The zero-order chi connectivity index (χ0) is 22.9. The van der Waals surface area contributed by atoms with E-state index in [0.29, 0.717) is 24.6 Å². The van der Waals surface area contributed by atoms with Crippen LogP contribution in [0.4, 0.5) is 5.69 Å². The van der Waals surface area contributed by atoms with Crippen LogP contribution in [0.2, 0.25) is 0 Å². The molecule has 4 heterocycles. The summed E-state index contributed by atoms with van der Waals surface area (Å²) < 4.78 is 0. The highest BCUT2D eigenvalue weighted by molar-refractivity contribution is 7.11. The molecule has 2 unspecified atom stereocenters. The molecule has 0 radical (unpaired) electrons. The number of nitrogens with zero attached hydrogens (tertiary/aromatic N) is 5. The first-order valence-electron chi connectivity index (χ1n) is 11.3. The first kappa shape index (κ1) is 21.7. The largest absolute Gasteiger partial charge is 0.334 e. The van der Waals surface area contributed by atoms with E-state index in [4.69, 9.17) is 0 Å². The third-order valence-corrected chi connectivity index (χ3v) is 7.52. The van der Waals surface area contributed by atoms with Crippen molar-refractivity contribution < 1.29 is 9.59 Å². The summed E-state index contributed by atoms with van der Waals surface area (Å²) in [5, 5.41) is 2.37. The fourth-order valence-corrected chi connectivity index (χ4v) is 5.46. The van der Waals surface area contributed by atoms with Gasteiger partial charge in [-0.15, -0.1) is 11.3 Å². The van der Waals surface area contributed by atoms with Crippen molar-refractivity contribution in [3.63, 3.8) is 0 Å². The van der Waals surface area contributed by atoms with Crippen molar-refractivity contribution in [2.75, 3.05) is 37.6 Å². The molecule has 0 aliphatic carbocycles. The number of hydrogen-bond acceptors (Lipinski definition) is 6. The molecule has 0 bridgehead atoms. The average Bonchev–Trinajstić information content (AvgIpc) is 3.48. The van der Waals surface area contributed by atoms with Gasteiger partial charge in [-0.05, 0) is 30.7 Å². The summed E-state index contributed by atoms with van der Waals surface area (Å²) in [5.74, 6) is 0.0701. The first-order chi connectivity index (χ1) is 16.0. The number of amides is 2. The Hall–Kier alpha value is -3.10. The molecule has 2 aromatic heterocycles. The fraction of sp³-hybridized carbons (Fsp3) is 0.360. The number of piperazine rings is 1. The molecule has 0 saturated carbocycles. The van der Waals surface area contributed by atoms with Gasteiger partial charge < -0.3 is 9.80 Å². The van der Waals surface area contributed by atoms with Gasteiger partial charge in [-0.3, -0.25) is 19.5 Å². The van der Waals surface area contributed by atoms with Gasteiger partial charge in [0, 0.05) is 73.5 Å². The van der Waals surface area contributed by atoms with Crippen LogP contribution in [0.1, 0.15) is 22.4 Å². The zero-order valence-corrected chi connectivity index (χ0v) is 19.7. The van der Waals surface area contributed by atoms with Crippen molar-refractivity contribution in [2.45, 2.75) is 19.9 Å². The quantitative estimate of drug-likeness (QED) is 0.596. The molecular formula is C25H27N5O2S. The first-order valence-corrected chi connectivity index (χ1v) is 12.2. The Bertz CT molecular complexity index is 1160. The number of thiazole rings is 1. The predicted molar refractivity (Wildman–Crippen MR) is 129 cm³/mol. The Morgan fingerprint density at radius 3 is 2.61 bits per heavy atom. The minimum atomic E-state index is -0.0880. The van der Waals surface area contributed by atoms with E-state index in [-0.39, 0.29) is 23.8 Å². The number of hydrogen-bond donors (Lipinski definition) is 0. The molecule has 1 aromatic carbocycles. The van der Waals surface area contributed by atoms with Gasteiger partial charge in [0.05, 0.1) is 5.92 Å². The van der Waals surface area contributed by atoms with E-state index in [1.54, 1.807) is 12.4 Å². The monoisotopic (exact) mass is 461 g/mol. The van der Waals surface area contributed by atoms with Crippen LogP contribution in [0.25, 0.3) is 11.1 Å². The van der Waals surface area contributed by atoms with E-state index in [1.165, 1.54) is 11.3 Å². The summed E-state index contributed by atoms with van der Waals surface area (Å²) in [5.41, 5.74) is 4.04. The van der Waals surface area contributed by atoms with Crippen LogP contribution < -0.4 is 4.90 Å². The van der Waals surface area contributed by atoms with Crippen molar-refractivity contribution in [3.05, 3.63) is 64.9 Å². The minimum Gasteiger partial charge on any atom is -0.334 e. The molecule has 33 heavy (non-hydrogen) atoms. The molecule has 170 valence electrons. The molecule has 2 amide bonds. The summed E-state index contributed by atoms with van der Waals surface area (Å²) >= 11 is 1.38. The van der Waals surface area contributed by atoms with Crippen LogP contribution in [0.3, 0.4) is 0 Å². The zero-order valence-electron chi connectivity index (χ0n) is 18.8. The minimum absolute atomic E-state index is 0.00401. The van der Waals surface area contributed by atoms with Crippen molar-refractivity contribution in [3.8, 4) is 11.1 Å². The summed E-state index contributed by atoms with van der Waals surface area (Å²) in [6, 6.07) is 12.3. The molecule has 0 spiro atoms. The number of benzene rings is 1. The maximum Gasteiger partial charge on any atom is 0.282 e. The third kappa shape index (κ3) is 4.16. The molecule has 2 aliphatic heterocycles. The molecule has 2 fully saturated rings. The second-order valence-corrected chi connectivity index (χ2v) is 9.55. The lowest BCUT2D eigenvalue weighted by Gasteiger charge is -2.38. The van der Waals surface area contributed by atoms with Crippen LogP contribution >= 0.6 is 11.3 Å². The number of anilines is 1. The summed E-state index contributed by atoms with van der Waals surface area (Å²) in [7, 11) is 0. The Balaban J connectivity index is 1.29. The molecule has 7 nitrogen and oxygen atoms in total. The normalized spacial score (nSPS) is 21.6. The van der Waals surface area contributed by atoms with Gasteiger partial charge in [0.2, 0.25) is 5.91 Å². The third-order valence-electron chi connectivity index (χ3n) is 6.76. The van der Waals surface area contributed by atoms with Gasteiger partial charge in [0.15, 0.2) is 5.01 Å². The van der Waals surface area contributed by atoms with Gasteiger partial charge in [-0.25, -0.2) is 4.98 Å². The maximum atomic E-state index is 13.2. The highest BCUT2D eigenvalue weighted by Crippen LogP contribution is 2.32. The Morgan fingerprint density at radius 2 is 1.88 bits per heavy atom. The van der Waals surface area contributed by atoms with Gasteiger partial charge in [-0.2, -0.15) is 0 Å². The van der Waals surface area contributed by atoms with Gasteiger partial charge in [-0.1, -0.05) is 25.1 Å². The number of pyridine rings is 1. The van der Waals surface area contributed by atoms with E-state index in [1.807, 2.05) is 47.2 Å². The van der Waals surface area contributed by atoms with Gasteiger partial charge in [0.1, 0.15) is 0 Å². The Morgan fingerprint density at radius 1 is 1.06 bits per heavy atom. The lowest BCUT2D eigenvalue weighted by atomic mass is 10.0. The standard InChI is InChI=1S/C25H27N5O2S/c1-17-22(28-10-12-29(13-11-28)25(32)23-27-9-14-33-23)16-30(24(17)31)20-6-3-5-19(15-20)21-7-4-8-26-18(21)2/h3-9,14-15,17,22H,10-13,16H2,1-2H3.